The van der Waals surface area contributed by atoms with Crippen LogP contribution in [0.25, 0.3) is 0 Å². The van der Waals surface area contributed by atoms with Gasteiger partial charge in [-0.15, -0.1) is 0 Å². The summed E-state index contributed by atoms with van der Waals surface area (Å²) in [5.41, 5.74) is 1.55. The molecule has 0 atom stereocenters. The Labute approximate surface area is 123 Å². The molecule has 1 N–H and O–H groups in total. The van der Waals surface area contributed by atoms with E-state index >= 15 is 0 Å². The number of halogens is 3. The van der Waals surface area contributed by atoms with Gasteiger partial charge < -0.3 is 5.32 Å². The first-order chi connectivity index (χ1) is 8.97. The van der Waals surface area contributed by atoms with E-state index in [0.29, 0.717) is 5.69 Å². The van der Waals surface area contributed by atoms with Crippen molar-refractivity contribution in [3.05, 3.63) is 62.8 Å². The van der Waals surface area contributed by atoms with Crippen molar-refractivity contribution in [2.45, 2.75) is 6.92 Å². The minimum atomic E-state index is -0.645. The summed E-state index contributed by atoms with van der Waals surface area (Å²) in [6.07, 6.45) is 0. The quantitative estimate of drug-likeness (QED) is 0.834. The van der Waals surface area contributed by atoms with E-state index in [1.807, 2.05) is 19.1 Å². The topological polar surface area (TPSA) is 29.1 Å². The Bertz CT molecular complexity index is 645. The SMILES string of the molecule is Cc1ccc(Br)c(NC(=O)c2ccc(Cl)cc2F)c1. The van der Waals surface area contributed by atoms with Gasteiger partial charge in [-0.3, -0.25) is 4.79 Å². The number of carbonyl (C=O) groups excluding carboxylic acids is 1. The van der Waals surface area contributed by atoms with Gasteiger partial charge in [-0.1, -0.05) is 17.7 Å². The summed E-state index contributed by atoms with van der Waals surface area (Å²) in [5, 5.41) is 2.91. The van der Waals surface area contributed by atoms with E-state index in [-0.39, 0.29) is 10.6 Å². The Morgan fingerprint density at radius 2 is 2.00 bits per heavy atom. The number of hydrogen-bond acceptors (Lipinski definition) is 1. The molecule has 98 valence electrons. The molecule has 0 aliphatic carbocycles. The van der Waals surface area contributed by atoms with Gasteiger partial charge in [0.1, 0.15) is 5.82 Å². The second-order valence-corrected chi connectivity index (χ2v) is 5.35. The zero-order valence-electron chi connectivity index (χ0n) is 10.0. The van der Waals surface area contributed by atoms with E-state index in [2.05, 4.69) is 21.2 Å². The largest absolute Gasteiger partial charge is 0.321 e. The molecule has 0 saturated carbocycles. The molecule has 0 heterocycles. The Balaban J connectivity index is 2.28. The molecule has 2 rings (SSSR count). The molecular weight excluding hydrogens is 333 g/mol. The minimum Gasteiger partial charge on any atom is -0.321 e. The van der Waals surface area contributed by atoms with Crippen LogP contribution in [-0.4, -0.2) is 5.91 Å². The number of anilines is 1. The number of nitrogens with one attached hydrogen (secondary N) is 1. The third-order valence-electron chi connectivity index (χ3n) is 2.55. The van der Waals surface area contributed by atoms with Crippen LogP contribution in [0.2, 0.25) is 5.02 Å². The van der Waals surface area contributed by atoms with Crippen molar-refractivity contribution < 1.29 is 9.18 Å². The fourth-order valence-electron chi connectivity index (χ4n) is 1.60. The van der Waals surface area contributed by atoms with Crippen molar-refractivity contribution in [2.24, 2.45) is 0 Å². The van der Waals surface area contributed by atoms with Crippen LogP contribution in [0.15, 0.2) is 40.9 Å². The molecule has 0 radical (unpaired) electrons. The molecule has 0 spiro atoms. The van der Waals surface area contributed by atoms with Gasteiger partial charge in [0.25, 0.3) is 5.91 Å². The van der Waals surface area contributed by atoms with Gasteiger partial charge in [-0.05, 0) is 58.7 Å². The molecule has 0 aliphatic heterocycles. The molecule has 2 aromatic carbocycles. The lowest BCUT2D eigenvalue weighted by Gasteiger charge is -2.09. The lowest BCUT2D eigenvalue weighted by molar-refractivity contribution is 0.102. The van der Waals surface area contributed by atoms with Crippen molar-refractivity contribution in [2.75, 3.05) is 5.32 Å². The number of carbonyl (C=O) groups is 1. The predicted molar refractivity (Wildman–Crippen MR) is 78.2 cm³/mol. The first-order valence-corrected chi connectivity index (χ1v) is 6.67. The summed E-state index contributed by atoms with van der Waals surface area (Å²) < 4.78 is 14.4. The fourth-order valence-corrected chi connectivity index (χ4v) is 2.10. The fraction of sp³-hybridized carbons (Fsp3) is 0.0714. The molecule has 5 heteroatoms. The average molecular weight is 343 g/mol. The first kappa shape index (κ1) is 14.0. The lowest BCUT2D eigenvalue weighted by atomic mass is 10.2. The average Bonchev–Trinajstić information content (AvgIpc) is 2.33. The van der Waals surface area contributed by atoms with Crippen molar-refractivity contribution >= 4 is 39.1 Å². The van der Waals surface area contributed by atoms with Crippen molar-refractivity contribution in [3.63, 3.8) is 0 Å². The molecule has 2 nitrogen and oxygen atoms in total. The molecule has 0 aromatic heterocycles. The maximum absolute atomic E-state index is 13.6. The summed E-state index contributed by atoms with van der Waals surface area (Å²) in [6.45, 7) is 1.91. The molecule has 0 saturated heterocycles. The Morgan fingerprint density at radius 1 is 1.26 bits per heavy atom. The highest BCUT2D eigenvalue weighted by Crippen LogP contribution is 2.24. The van der Waals surface area contributed by atoms with Crippen LogP contribution >= 0.6 is 27.5 Å². The van der Waals surface area contributed by atoms with E-state index in [4.69, 9.17) is 11.6 Å². The van der Waals surface area contributed by atoms with Gasteiger partial charge >= 0.3 is 0 Å². The predicted octanol–water partition coefficient (Wildman–Crippen LogP) is 4.80. The molecule has 2 aromatic rings. The Hall–Kier alpha value is -1.39. The Kier molecular flexibility index (Phi) is 4.22. The van der Waals surface area contributed by atoms with Crippen LogP contribution in [0.3, 0.4) is 0 Å². The maximum Gasteiger partial charge on any atom is 0.258 e. The number of aryl methyl sites for hydroxylation is 1. The lowest BCUT2D eigenvalue weighted by Crippen LogP contribution is -2.14. The maximum atomic E-state index is 13.6. The van der Waals surface area contributed by atoms with E-state index in [1.54, 1.807) is 6.07 Å². The standard InChI is InChI=1S/C14H10BrClFNO/c1-8-2-5-11(15)13(6-8)18-14(19)10-4-3-9(16)7-12(10)17/h2-7H,1H3,(H,18,19). The third-order valence-corrected chi connectivity index (χ3v) is 3.47. The van der Waals surface area contributed by atoms with Gasteiger partial charge in [-0.2, -0.15) is 0 Å². The van der Waals surface area contributed by atoms with Crippen LogP contribution < -0.4 is 5.32 Å². The summed E-state index contributed by atoms with van der Waals surface area (Å²) in [4.78, 5) is 12.0. The highest BCUT2D eigenvalue weighted by molar-refractivity contribution is 9.10. The van der Waals surface area contributed by atoms with Gasteiger partial charge in [0.2, 0.25) is 0 Å². The first-order valence-electron chi connectivity index (χ1n) is 5.50. The van der Waals surface area contributed by atoms with Crippen LogP contribution in [-0.2, 0) is 0 Å². The van der Waals surface area contributed by atoms with Crippen LogP contribution in [0.4, 0.5) is 10.1 Å². The van der Waals surface area contributed by atoms with Gasteiger partial charge in [0.05, 0.1) is 11.3 Å². The van der Waals surface area contributed by atoms with Crippen molar-refractivity contribution in [1.29, 1.82) is 0 Å². The minimum absolute atomic E-state index is 0.0437. The molecule has 0 bridgehead atoms. The van der Waals surface area contributed by atoms with E-state index in [1.165, 1.54) is 12.1 Å². The highest BCUT2D eigenvalue weighted by Gasteiger charge is 2.13. The summed E-state index contributed by atoms with van der Waals surface area (Å²) in [7, 11) is 0. The van der Waals surface area contributed by atoms with Gasteiger partial charge in [0, 0.05) is 9.50 Å². The molecule has 0 aliphatic rings. The van der Waals surface area contributed by atoms with E-state index < -0.39 is 11.7 Å². The number of hydrogen-bond donors (Lipinski definition) is 1. The number of rotatable bonds is 2. The highest BCUT2D eigenvalue weighted by atomic mass is 79.9. The van der Waals surface area contributed by atoms with Gasteiger partial charge in [0.15, 0.2) is 0 Å². The van der Waals surface area contributed by atoms with E-state index in [9.17, 15) is 9.18 Å². The monoisotopic (exact) mass is 341 g/mol. The van der Waals surface area contributed by atoms with Crippen LogP contribution in [0, 0.1) is 12.7 Å². The second-order valence-electron chi connectivity index (χ2n) is 4.06. The number of benzene rings is 2. The molecular formula is C14H10BrClFNO. The molecule has 0 unspecified atom stereocenters. The van der Waals surface area contributed by atoms with Crippen molar-refractivity contribution in [1.82, 2.24) is 0 Å². The normalized spacial score (nSPS) is 10.3. The van der Waals surface area contributed by atoms with E-state index in [0.717, 1.165) is 16.1 Å². The smallest absolute Gasteiger partial charge is 0.258 e. The van der Waals surface area contributed by atoms with Crippen LogP contribution in [0.1, 0.15) is 15.9 Å². The van der Waals surface area contributed by atoms with Crippen LogP contribution in [0.5, 0.6) is 0 Å². The Morgan fingerprint density at radius 3 is 2.68 bits per heavy atom. The summed E-state index contributed by atoms with van der Waals surface area (Å²) in [5.74, 6) is -1.16. The molecule has 19 heavy (non-hydrogen) atoms. The third kappa shape index (κ3) is 3.33. The van der Waals surface area contributed by atoms with Gasteiger partial charge in [-0.25, -0.2) is 4.39 Å². The zero-order chi connectivity index (χ0) is 14.0. The number of amides is 1. The summed E-state index contributed by atoms with van der Waals surface area (Å²) in [6, 6.07) is 9.48. The molecule has 1 amide bonds. The second kappa shape index (κ2) is 5.72. The van der Waals surface area contributed by atoms with Crippen molar-refractivity contribution in [3.8, 4) is 0 Å². The zero-order valence-corrected chi connectivity index (χ0v) is 12.3. The molecule has 0 fully saturated rings. The summed E-state index contributed by atoms with van der Waals surface area (Å²) >= 11 is 8.98.